The molecule has 2 aromatic rings. The van der Waals surface area contributed by atoms with Crippen molar-refractivity contribution < 1.29 is 9.32 Å². The predicted molar refractivity (Wildman–Crippen MR) is 86.7 cm³/mol. The first-order valence-electron chi connectivity index (χ1n) is 7.40. The van der Waals surface area contributed by atoms with Gasteiger partial charge in [-0.05, 0) is 37.5 Å². The number of nitrogens with zero attached hydrogens (tertiary/aromatic N) is 1. The standard InChI is InChI=1S/C17H15BrN2O2/c1-9-14-15(10-4-2-5-11(18)8-10)16-12(6-3-7-13(16)21)19-17(14)22-20-9/h2,4-5,8,15,19H,3,6-7H2,1H3/t15-/m0/s1. The van der Waals surface area contributed by atoms with Gasteiger partial charge < -0.3 is 9.84 Å². The molecule has 2 aliphatic rings. The number of aryl methyl sites for hydroxylation is 1. The van der Waals surface area contributed by atoms with Gasteiger partial charge in [0.15, 0.2) is 5.78 Å². The van der Waals surface area contributed by atoms with E-state index in [2.05, 4.69) is 38.5 Å². The molecule has 0 saturated heterocycles. The molecule has 1 aromatic heterocycles. The van der Waals surface area contributed by atoms with Gasteiger partial charge in [-0.1, -0.05) is 33.2 Å². The highest BCUT2D eigenvalue weighted by Gasteiger charge is 2.38. The number of anilines is 1. The Hall–Kier alpha value is -1.88. The van der Waals surface area contributed by atoms with Crippen molar-refractivity contribution in [2.75, 3.05) is 5.32 Å². The molecule has 4 nitrogen and oxygen atoms in total. The summed E-state index contributed by atoms with van der Waals surface area (Å²) in [4.78, 5) is 12.6. The monoisotopic (exact) mass is 358 g/mol. The summed E-state index contributed by atoms with van der Waals surface area (Å²) >= 11 is 3.53. The number of benzene rings is 1. The quantitative estimate of drug-likeness (QED) is 0.824. The van der Waals surface area contributed by atoms with E-state index in [1.807, 2.05) is 19.1 Å². The number of carbonyl (C=O) groups is 1. The van der Waals surface area contributed by atoms with Crippen molar-refractivity contribution in [2.45, 2.75) is 32.1 Å². The van der Waals surface area contributed by atoms with E-state index >= 15 is 0 Å². The van der Waals surface area contributed by atoms with Crippen molar-refractivity contribution in [2.24, 2.45) is 0 Å². The van der Waals surface area contributed by atoms with Crippen LogP contribution in [0.1, 0.15) is 42.0 Å². The van der Waals surface area contributed by atoms with Gasteiger partial charge >= 0.3 is 0 Å². The lowest BCUT2D eigenvalue weighted by Crippen LogP contribution is -2.26. The van der Waals surface area contributed by atoms with Crippen LogP contribution in [0, 0.1) is 6.92 Å². The molecule has 0 fully saturated rings. The normalized spacial score (nSPS) is 20.5. The zero-order chi connectivity index (χ0) is 15.3. The second-order valence-corrected chi connectivity index (χ2v) is 6.71. The van der Waals surface area contributed by atoms with Crippen LogP contribution in [-0.4, -0.2) is 10.9 Å². The highest BCUT2D eigenvalue weighted by Crippen LogP contribution is 2.46. The molecule has 4 rings (SSSR count). The zero-order valence-corrected chi connectivity index (χ0v) is 13.7. The van der Waals surface area contributed by atoms with Crippen LogP contribution >= 0.6 is 15.9 Å². The summed E-state index contributed by atoms with van der Waals surface area (Å²) in [6, 6.07) is 8.11. The van der Waals surface area contributed by atoms with E-state index in [4.69, 9.17) is 4.52 Å². The minimum Gasteiger partial charge on any atom is -0.338 e. The summed E-state index contributed by atoms with van der Waals surface area (Å²) in [5, 5.41) is 7.37. The lowest BCUT2D eigenvalue weighted by atomic mass is 9.76. The van der Waals surface area contributed by atoms with Crippen molar-refractivity contribution >= 4 is 27.6 Å². The van der Waals surface area contributed by atoms with Gasteiger partial charge in [-0.2, -0.15) is 0 Å². The largest absolute Gasteiger partial charge is 0.338 e. The summed E-state index contributed by atoms with van der Waals surface area (Å²) < 4.78 is 6.44. The maximum absolute atomic E-state index is 12.6. The lowest BCUT2D eigenvalue weighted by molar-refractivity contribution is -0.116. The molecule has 0 bridgehead atoms. The average Bonchev–Trinajstić information content (AvgIpc) is 2.87. The summed E-state index contributed by atoms with van der Waals surface area (Å²) in [6.45, 7) is 1.92. The number of hydrogen-bond donors (Lipinski definition) is 1. The molecule has 0 saturated carbocycles. The summed E-state index contributed by atoms with van der Waals surface area (Å²) in [7, 11) is 0. The number of hydrogen-bond acceptors (Lipinski definition) is 4. The number of allylic oxidation sites excluding steroid dienone is 2. The molecule has 1 aliphatic carbocycles. The molecule has 0 spiro atoms. The molecule has 112 valence electrons. The van der Waals surface area contributed by atoms with E-state index in [0.717, 1.165) is 45.4 Å². The fourth-order valence-electron chi connectivity index (χ4n) is 3.44. The minimum absolute atomic E-state index is 0.0946. The van der Waals surface area contributed by atoms with Crippen LogP contribution in [0.5, 0.6) is 0 Å². The molecule has 2 heterocycles. The number of fused-ring (bicyclic) bond motifs is 1. The van der Waals surface area contributed by atoms with Crippen molar-refractivity contribution in [3.8, 4) is 0 Å². The number of carbonyl (C=O) groups excluding carboxylic acids is 1. The second-order valence-electron chi connectivity index (χ2n) is 5.79. The maximum Gasteiger partial charge on any atom is 0.233 e. The smallest absolute Gasteiger partial charge is 0.233 e. The molecular formula is C17H15BrN2O2. The highest BCUT2D eigenvalue weighted by molar-refractivity contribution is 9.10. The fourth-order valence-corrected chi connectivity index (χ4v) is 3.85. The van der Waals surface area contributed by atoms with Gasteiger partial charge in [-0.3, -0.25) is 4.79 Å². The summed E-state index contributed by atoms with van der Waals surface area (Å²) in [5.74, 6) is 0.809. The number of rotatable bonds is 1. The van der Waals surface area contributed by atoms with Gasteiger partial charge in [0.25, 0.3) is 0 Å². The van der Waals surface area contributed by atoms with Gasteiger partial charge in [0.05, 0.1) is 11.3 Å². The Labute approximate surface area is 136 Å². The van der Waals surface area contributed by atoms with Gasteiger partial charge in [-0.15, -0.1) is 0 Å². The molecule has 0 radical (unpaired) electrons. The Balaban J connectivity index is 1.96. The van der Waals surface area contributed by atoms with Crippen molar-refractivity contribution in [1.29, 1.82) is 0 Å². The van der Waals surface area contributed by atoms with E-state index in [-0.39, 0.29) is 11.7 Å². The Kier molecular flexibility index (Phi) is 3.18. The van der Waals surface area contributed by atoms with Crippen LogP contribution in [0.15, 0.2) is 44.5 Å². The first kappa shape index (κ1) is 13.8. The van der Waals surface area contributed by atoms with Crippen LogP contribution in [0.4, 0.5) is 5.88 Å². The number of aromatic nitrogens is 1. The van der Waals surface area contributed by atoms with E-state index in [0.29, 0.717) is 12.3 Å². The third-order valence-corrected chi connectivity index (χ3v) is 4.88. The van der Waals surface area contributed by atoms with Gasteiger partial charge in [-0.25, -0.2) is 0 Å². The van der Waals surface area contributed by atoms with Crippen molar-refractivity contribution in [1.82, 2.24) is 5.16 Å². The van der Waals surface area contributed by atoms with E-state index in [9.17, 15) is 4.79 Å². The first-order chi connectivity index (χ1) is 10.6. The molecule has 1 atom stereocenters. The molecule has 22 heavy (non-hydrogen) atoms. The van der Waals surface area contributed by atoms with Crippen molar-refractivity contribution in [3.05, 3.63) is 56.8 Å². The Morgan fingerprint density at radius 1 is 1.36 bits per heavy atom. The van der Waals surface area contributed by atoms with E-state index in [1.54, 1.807) is 0 Å². The van der Waals surface area contributed by atoms with E-state index in [1.165, 1.54) is 0 Å². The molecule has 5 heteroatoms. The van der Waals surface area contributed by atoms with E-state index < -0.39 is 0 Å². The van der Waals surface area contributed by atoms with Gasteiger partial charge in [0.1, 0.15) is 0 Å². The fraction of sp³-hybridized carbons (Fsp3) is 0.294. The zero-order valence-electron chi connectivity index (χ0n) is 12.1. The summed E-state index contributed by atoms with van der Waals surface area (Å²) in [5.41, 5.74) is 4.77. The number of nitrogens with one attached hydrogen (secondary N) is 1. The molecule has 1 aromatic carbocycles. The van der Waals surface area contributed by atoms with Gasteiger partial charge in [0.2, 0.25) is 5.88 Å². The predicted octanol–water partition coefficient (Wildman–Crippen LogP) is 4.31. The summed E-state index contributed by atoms with van der Waals surface area (Å²) in [6.07, 6.45) is 2.38. The van der Waals surface area contributed by atoms with Crippen LogP contribution in [-0.2, 0) is 4.79 Å². The highest BCUT2D eigenvalue weighted by atomic mass is 79.9. The minimum atomic E-state index is -0.0946. The van der Waals surface area contributed by atoms with Crippen molar-refractivity contribution in [3.63, 3.8) is 0 Å². The molecule has 0 amide bonds. The Morgan fingerprint density at radius 3 is 3.05 bits per heavy atom. The van der Waals surface area contributed by atoms with Crippen LogP contribution in [0.2, 0.25) is 0 Å². The SMILES string of the molecule is Cc1noc2c1[C@H](c1cccc(Br)c1)C1=C(CCCC1=O)N2. The second kappa shape index (κ2) is 5.09. The van der Waals surface area contributed by atoms with Crippen LogP contribution in [0.3, 0.4) is 0 Å². The number of ketones is 1. The van der Waals surface area contributed by atoms with Crippen LogP contribution < -0.4 is 5.32 Å². The third-order valence-electron chi connectivity index (χ3n) is 4.39. The Morgan fingerprint density at radius 2 is 2.23 bits per heavy atom. The maximum atomic E-state index is 12.6. The molecule has 0 unspecified atom stereocenters. The first-order valence-corrected chi connectivity index (χ1v) is 8.19. The Bertz CT molecular complexity index is 807. The lowest BCUT2D eigenvalue weighted by Gasteiger charge is -2.31. The van der Waals surface area contributed by atoms with Crippen LogP contribution in [0.25, 0.3) is 0 Å². The van der Waals surface area contributed by atoms with Gasteiger partial charge in [0, 0.05) is 28.1 Å². The number of Topliss-reactive ketones (excluding diaryl/α,β-unsaturated/α-hetero) is 1. The number of halogens is 1. The third kappa shape index (κ3) is 2.03. The molecular weight excluding hydrogens is 344 g/mol. The molecule has 1 N–H and O–H groups in total. The average molecular weight is 359 g/mol. The topological polar surface area (TPSA) is 55.1 Å². The molecule has 1 aliphatic heterocycles.